The summed E-state index contributed by atoms with van der Waals surface area (Å²) in [4.78, 5) is 21.2. The van der Waals surface area contributed by atoms with Gasteiger partial charge in [0.25, 0.3) is 0 Å². The normalized spacial score (nSPS) is 21.7. The van der Waals surface area contributed by atoms with Crippen LogP contribution in [0.4, 0.5) is 0 Å². The van der Waals surface area contributed by atoms with E-state index in [4.69, 9.17) is 4.74 Å². The Morgan fingerprint density at radius 1 is 1.29 bits per heavy atom. The van der Waals surface area contributed by atoms with Gasteiger partial charge < -0.3 is 25.2 Å². The molecule has 0 aromatic rings. The summed E-state index contributed by atoms with van der Waals surface area (Å²) in [6.07, 6.45) is 6.69. The van der Waals surface area contributed by atoms with E-state index in [2.05, 4.69) is 34.6 Å². The number of likely N-dealkylation sites (tertiary alicyclic amines) is 1. The molecular weight excluding hydrogens is 469 g/mol. The Morgan fingerprint density at radius 2 is 2.00 bits per heavy atom. The molecule has 1 saturated heterocycles. The lowest BCUT2D eigenvalue weighted by Crippen LogP contribution is -2.47. The van der Waals surface area contributed by atoms with Crippen molar-refractivity contribution in [3.05, 3.63) is 0 Å². The third kappa shape index (κ3) is 8.41. The number of amides is 1. The summed E-state index contributed by atoms with van der Waals surface area (Å²) in [6.45, 7) is 6.12. The molecule has 0 aromatic heterocycles. The minimum absolute atomic E-state index is 0. The Hall–Kier alpha value is -0.610. The first-order chi connectivity index (χ1) is 13.0. The average Bonchev–Trinajstić information content (AvgIpc) is 3.34. The molecule has 1 amide bonds. The van der Waals surface area contributed by atoms with Crippen LogP contribution in [0.25, 0.3) is 0 Å². The number of carbonyl (C=O) groups excluding carboxylic acids is 1. The predicted octanol–water partition coefficient (Wildman–Crippen LogP) is 1.92. The molecule has 0 aromatic carbocycles. The van der Waals surface area contributed by atoms with Gasteiger partial charge in [0.2, 0.25) is 5.91 Å². The molecule has 1 saturated carbocycles. The molecule has 28 heavy (non-hydrogen) atoms. The highest BCUT2D eigenvalue weighted by atomic mass is 127. The fourth-order valence-corrected chi connectivity index (χ4v) is 3.99. The minimum Gasteiger partial charge on any atom is -0.377 e. The van der Waals surface area contributed by atoms with Crippen LogP contribution in [-0.4, -0.2) is 87.7 Å². The average molecular weight is 509 g/mol. The Balaban J connectivity index is 0.00000392. The van der Waals surface area contributed by atoms with E-state index >= 15 is 0 Å². The van der Waals surface area contributed by atoms with E-state index < -0.39 is 0 Å². The van der Waals surface area contributed by atoms with Crippen molar-refractivity contribution in [2.75, 3.05) is 53.9 Å². The van der Waals surface area contributed by atoms with Gasteiger partial charge in [-0.25, -0.2) is 0 Å². The molecule has 1 aliphatic heterocycles. The highest BCUT2D eigenvalue weighted by Gasteiger charge is 2.32. The van der Waals surface area contributed by atoms with Crippen LogP contribution in [0, 0.1) is 5.92 Å². The summed E-state index contributed by atoms with van der Waals surface area (Å²) in [5, 5.41) is 6.88. The largest absolute Gasteiger partial charge is 0.377 e. The Kier molecular flexibility index (Phi) is 12.3. The zero-order valence-corrected chi connectivity index (χ0v) is 20.4. The fourth-order valence-electron chi connectivity index (χ4n) is 3.99. The molecule has 2 N–H and O–H groups in total. The standard InChI is InChI=1S/C20H39N5O2.HI/c1-5-27-18(11-12-24(3)4)14-22-20(21-2)23-17-10-13-25(15-17)19(26)16-8-6-7-9-16;/h16-18H,5-15H2,1-4H3,(H2,21,22,23);1H. The van der Waals surface area contributed by atoms with Gasteiger partial charge in [-0.1, -0.05) is 12.8 Å². The van der Waals surface area contributed by atoms with E-state index in [1.54, 1.807) is 7.05 Å². The van der Waals surface area contributed by atoms with E-state index in [-0.39, 0.29) is 42.0 Å². The molecule has 164 valence electrons. The van der Waals surface area contributed by atoms with Crippen LogP contribution in [0.2, 0.25) is 0 Å². The number of hydrogen-bond donors (Lipinski definition) is 2. The lowest BCUT2D eigenvalue weighted by atomic mass is 10.1. The van der Waals surface area contributed by atoms with Crippen LogP contribution in [0.1, 0.15) is 45.4 Å². The molecule has 0 radical (unpaired) electrons. The Bertz CT molecular complexity index is 483. The highest BCUT2D eigenvalue weighted by molar-refractivity contribution is 14.0. The van der Waals surface area contributed by atoms with E-state index in [0.29, 0.717) is 12.5 Å². The number of ether oxygens (including phenoxy) is 1. The number of rotatable bonds is 9. The molecule has 2 aliphatic rings. The molecule has 1 heterocycles. The predicted molar refractivity (Wildman–Crippen MR) is 125 cm³/mol. The molecule has 0 spiro atoms. The zero-order chi connectivity index (χ0) is 19.6. The van der Waals surface area contributed by atoms with Crippen LogP contribution >= 0.6 is 24.0 Å². The molecule has 0 bridgehead atoms. The van der Waals surface area contributed by atoms with Crippen LogP contribution in [0.5, 0.6) is 0 Å². The SMILES string of the molecule is CCOC(CCN(C)C)CNC(=NC)NC1CCN(C(=O)C2CCCC2)C1.I. The van der Waals surface area contributed by atoms with Crippen LogP contribution < -0.4 is 10.6 Å². The first-order valence-electron chi connectivity index (χ1n) is 10.6. The third-order valence-electron chi connectivity index (χ3n) is 5.57. The number of hydrogen-bond acceptors (Lipinski definition) is 4. The summed E-state index contributed by atoms with van der Waals surface area (Å²) < 4.78 is 5.84. The van der Waals surface area contributed by atoms with E-state index in [9.17, 15) is 4.79 Å². The number of nitrogens with zero attached hydrogens (tertiary/aromatic N) is 3. The molecule has 2 unspecified atom stereocenters. The lowest BCUT2D eigenvalue weighted by molar-refractivity contribution is -0.134. The van der Waals surface area contributed by atoms with Crippen molar-refractivity contribution in [2.45, 2.75) is 57.6 Å². The maximum Gasteiger partial charge on any atom is 0.225 e. The van der Waals surface area contributed by atoms with Crippen molar-refractivity contribution >= 4 is 35.8 Å². The smallest absolute Gasteiger partial charge is 0.225 e. The molecule has 2 atom stereocenters. The molecular formula is C20H40IN5O2. The van der Waals surface area contributed by atoms with E-state index in [1.165, 1.54) is 12.8 Å². The topological polar surface area (TPSA) is 69.2 Å². The Labute approximate surface area is 188 Å². The first kappa shape index (κ1) is 25.4. The lowest BCUT2D eigenvalue weighted by Gasteiger charge is -2.23. The van der Waals surface area contributed by atoms with Gasteiger partial charge in [0.15, 0.2) is 5.96 Å². The fraction of sp³-hybridized carbons (Fsp3) is 0.900. The minimum atomic E-state index is 0. The third-order valence-corrected chi connectivity index (χ3v) is 5.57. The quantitative estimate of drug-likeness (QED) is 0.283. The van der Waals surface area contributed by atoms with Crippen LogP contribution in [0.15, 0.2) is 4.99 Å². The second kappa shape index (κ2) is 13.6. The zero-order valence-electron chi connectivity index (χ0n) is 18.1. The number of aliphatic imine (C=N–C) groups is 1. The molecule has 7 nitrogen and oxygen atoms in total. The number of halogens is 1. The summed E-state index contributed by atoms with van der Waals surface area (Å²) in [5.41, 5.74) is 0. The number of nitrogens with one attached hydrogen (secondary N) is 2. The first-order valence-corrected chi connectivity index (χ1v) is 10.6. The number of carbonyl (C=O) groups is 1. The molecule has 2 fully saturated rings. The van der Waals surface area contributed by atoms with Crippen molar-refractivity contribution in [1.29, 1.82) is 0 Å². The van der Waals surface area contributed by atoms with Crippen molar-refractivity contribution < 1.29 is 9.53 Å². The van der Waals surface area contributed by atoms with Crippen molar-refractivity contribution in [3.63, 3.8) is 0 Å². The van der Waals surface area contributed by atoms with Gasteiger partial charge >= 0.3 is 0 Å². The summed E-state index contributed by atoms with van der Waals surface area (Å²) in [5.74, 6) is 1.43. The van der Waals surface area contributed by atoms with Crippen LogP contribution in [-0.2, 0) is 9.53 Å². The summed E-state index contributed by atoms with van der Waals surface area (Å²) in [6, 6.07) is 0.272. The highest BCUT2D eigenvalue weighted by Crippen LogP contribution is 2.27. The molecule has 8 heteroatoms. The van der Waals surface area contributed by atoms with Gasteiger partial charge in [-0.3, -0.25) is 9.79 Å². The van der Waals surface area contributed by atoms with Gasteiger partial charge in [0, 0.05) is 51.8 Å². The van der Waals surface area contributed by atoms with Gasteiger partial charge in [0.1, 0.15) is 0 Å². The van der Waals surface area contributed by atoms with E-state index in [0.717, 1.165) is 57.8 Å². The summed E-state index contributed by atoms with van der Waals surface area (Å²) >= 11 is 0. The van der Waals surface area contributed by atoms with Gasteiger partial charge in [-0.05, 0) is 46.7 Å². The maximum atomic E-state index is 12.6. The molecule has 2 rings (SSSR count). The van der Waals surface area contributed by atoms with Crippen LogP contribution in [0.3, 0.4) is 0 Å². The van der Waals surface area contributed by atoms with Gasteiger partial charge in [0.05, 0.1) is 6.10 Å². The van der Waals surface area contributed by atoms with E-state index in [1.807, 2.05) is 11.8 Å². The maximum absolute atomic E-state index is 12.6. The second-order valence-electron chi connectivity index (χ2n) is 8.02. The molecule has 1 aliphatic carbocycles. The van der Waals surface area contributed by atoms with Gasteiger partial charge in [-0.2, -0.15) is 0 Å². The second-order valence-corrected chi connectivity index (χ2v) is 8.02. The van der Waals surface area contributed by atoms with Gasteiger partial charge in [-0.15, -0.1) is 24.0 Å². The van der Waals surface area contributed by atoms with Crippen molar-refractivity contribution in [2.24, 2.45) is 10.9 Å². The number of guanidine groups is 1. The summed E-state index contributed by atoms with van der Waals surface area (Å²) in [7, 11) is 5.95. The Morgan fingerprint density at radius 3 is 2.61 bits per heavy atom. The monoisotopic (exact) mass is 509 g/mol. The van der Waals surface area contributed by atoms with Crippen molar-refractivity contribution in [1.82, 2.24) is 20.4 Å². The van der Waals surface area contributed by atoms with Crippen molar-refractivity contribution in [3.8, 4) is 0 Å².